The summed E-state index contributed by atoms with van der Waals surface area (Å²) >= 11 is 5.47. The van der Waals surface area contributed by atoms with E-state index in [-0.39, 0.29) is 11.8 Å². The molecule has 1 fully saturated rings. The maximum Gasteiger partial charge on any atom is 0.240 e. The second-order valence-electron chi connectivity index (χ2n) is 5.40. The zero-order valence-corrected chi connectivity index (χ0v) is 13.5. The van der Waals surface area contributed by atoms with E-state index in [0.717, 1.165) is 25.3 Å². The summed E-state index contributed by atoms with van der Waals surface area (Å²) in [5.74, 6) is 1.15. The third-order valence-corrected chi connectivity index (χ3v) is 3.99. The van der Waals surface area contributed by atoms with Gasteiger partial charge in [0.2, 0.25) is 11.9 Å². The maximum atomic E-state index is 11.3. The van der Waals surface area contributed by atoms with Crippen LogP contribution in [0.2, 0.25) is 0 Å². The predicted molar refractivity (Wildman–Crippen MR) is 88.4 cm³/mol. The SMILES string of the molecule is CC1CCCN1c1ncc(-c2nccc(NC(=O)CCl)n2)cn1. The van der Waals surface area contributed by atoms with E-state index in [4.69, 9.17) is 11.6 Å². The summed E-state index contributed by atoms with van der Waals surface area (Å²) < 4.78 is 0. The van der Waals surface area contributed by atoms with Crippen LogP contribution in [0.25, 0.3) is 11.4 Å². The van der Waals surface area contributed by atoms with Gasteiger partial charge >= 0.3 is 0 Å². The van der Waals surface area contributed by atoms with E-state index >= 15 is 0 Å². The Labute approximate surface area is 139 Å². The topological polar surface area (TPSA) is 83.9 Å². The molecule has 0 aliphatic carbocycles. The van der Waals surface area contributed by atoms with Gasteiger partial charge in [-0.05, 0) is 25.8 Å². The van der Waals surface area contributed by atoms with Crippen LogP contribution in [-0.2, 0) is 4.79 Å². The van der Waals surface area contributed by atoms with E-state index < -0.39 is 0 Å². The highest BCUT2D eigenvalue weighted by molar-refractivity contribution is 6.29. The number of amides is 1. The van der Waals surface area contributed by atoms with E-state index in [1.165, 1.54) is 0 Å². The lowest BCUT2D eigenvalue weighted by Gasteiger charge is -2.20. The monoisotopic (exact) mass is 332 g/mol. The van der Waals surface area contributed by atoms with Gasteiger partial charge in [0.15, 0.2) is 5.82 Å². The summed E-state index contributed by atoms with van der Waals surface area (Å²) in [6.45, 7) is 3.16. The standard InChI is InChI=1S/C15H17ClN6O/c1-10-3-2-6-22(10)15-18-8-11(9-19-15)14-17-5-4-12(21-14)20-13(23)7-16/h4-5,8-10H,2-3,6-7H2,1H3,(H,17,20,21,23). The van der Waals surface area contributed by atoms with E-state index in [1.807, 2.05) is 0 Å². The quantitative estimate of drug-likeness (QED) is 0.863. The van der Waals surface area contributed by atoms with E-state index in [9.17, 15) is 4.79 Å². The fraction of sp³-hybridized carbons (Fsp3) is 0.400. The van der Waals surface area contributed by atoms with E-state index in [1.54, 1.807) is 24.7 Å². The number of hydrogen-bond donors (Lipinski definition) is 1. The molecular weight excluding hydrogens is 316 g/mol. The first kappa shape index (κ1) is 15.6. The lowest BCUT2D eigenvalue weighted by molar-refractivity contribution is -0.113. The first-order chi connectivity index (χ1) is 11.2. The Balaban J connectivity index is 1.79. The molecule has 1 unspecified atom stereocenters. The van der Waals surface area contributed by atoms with Crippen molar-refractivity contribution in [2.24, 2.45) is 0 Å². The normalized spacial score (nSPS) is 17.3. The lowest BCUT2D eigenvalue weighted by Crippen LogP contribution is -2.28. The van der Waals surface area contributed by atoms with Crippen LogP contribution in [0, 0.1) is 0 Å². The third-order valence-electron chi connectivity index (χ3n) is 3.75. The number of carbonyl (C=O) groups excluding carboxylic acids is 1. The van der Waals surface area contributed by atoms with Gasteiger partial charge in [-0.2, -0.15) is 0 Å². The Kier molecular flexibility index (Phi) is 4.66. The van der Waals surface area contributed by atoms with Crippen molar-refractivity contribution in [3.05, 3.63) is 24.7 Å². The maximum absolute atomic E-state index is 11.3. The van der Waals surface area contributed by atoms with Gasteiger partial charge < -0.3 is 10.2 Å². The lowest BCUT2D eigenvalue weighted by atomic mass is 10.2. The number of aromatic nitrogens is 4. The molecule has 8 heteroatoms. The van der Waals surface area contributed by atoms with Crippen LogP contribution in [0.3, 0.4) is 0 Å². The molecule has 1 N–H and O–H groups in total. The van der Waals surface area contributed by atoms with Gasteiger partial charge in [0.05, 0.1) is 5.56 Å². The molecule has 7 nitrogen and oxygen atoms in total. The first-order valence-electron chi connectivity index (χ1n) is 7.45. The number of nitrogens with one attached hydrogen (secondary N) is 1. The fourth-order valence-corrected chi connectivity index (χ4v) is 2.63. The molecule has 1 saturated heterocycles. The molecule has 120 valence electrons. The Bertz CT molecular complexity index is 693. The summed E-state index contributed by atoms with van der Waals surface area (Å²) in [5.41, 5.74) is 0.697. The Hall–Kier alpha value is -2.28. The number of carbonyl (C=O) groups is 1. The highest BCUT2D eigenvalue weighted by Gasteiger charge is 2.22. The van der Waals surface area contributed by atoms with Crippen LogP contribution < -0.4 is 10.2 Å². The molecule has 1 aliphatic heterocycles. The van der Waals surface area contributed by atoms with E-state index in [0.29, 0.717) is 23.2 Å². The number of rotatable bonds is 4. The Morgan fingerprint density at radius 3 is 2.83 bits per heavy atom. The van der Waals surface area contributed by atoms with Crippen LogP contribution in [0.4, 0.5) is 11.8 Å². The van der Waals surface area contributed by atoms with Gasteiger partial charge in [-0.25, -0.2) is 19.9 Å². The molecule has 1 aliphatic rings. The van der Waals surface area contributed by atoms with Crippen molar-refractivity contribution >= 4 is 29.3 Å². The van der Waals surface area contributed by atoms with Crippen LogP contribution in [-0.4, -0.2) is 44.3 Å². The van der Waals surface area contributed by atoms with Gasteiger partial charge in [-0.3, -0.25) is 4.79 Å². The number of alkyl halides is 1. The second kappa shape index (κ2) is 6.87. The number of halogens is 1. The van der Waals surface area contributed by atoms with E-state index in [2.05, 4.69) is 37.1 Å². The zero-order valence-electron chi connectivity index (χ0n) is 12.7. The minimum absolute atomic E-state index is 0.120. The van der Waals surface area contributed by atoms with Crippen molar-refractivity contribution in [3.8, 4) is 11.4 Å². The van der Waals surface area contributed by atoms with Crippen LogP contribution in [0.1, 0.15) is 19.8 Å². The van der Waals surface area contributed by atoms with Gasteiger partial charge in [-0.1, -0.05) is 0 Å². The highest BCUT2D eigenvalue weighted by atomic mass is 35.5. The van der Waals surface area contributed by atoms with Crippen molar-refractivity contribution in [2.45, 2.75) is 25.8 Å². The second-order valence-corrected chi connectivity index (χ2v) is 5.67. The molecular formula is C15H17ClN6O. The molecule has 2 aromatic rings. The minimum Gasteiger partial charge on any atom is -0.338 e. The molecule has 1 amide bonds. The predicted octanol–water partition coefficient (Wildman–Crippen LogP) is 2.10. The van der Waals surface area contributed by atoms with Gasteiger partial charge in [-0.15, -0.1) is 11.6 Å². The summed E-state index contributed by atoms with van der Waals surface area (Å²) in [5, 5.41) is 2.59. The van der Waals surface area contributed by atoms with Crippen LogP contribution >= 0.6 is 11.6 Å². The van der Waals surface area contributed by atoms with Crippen molar-refractivity contribution < 1.29 is 4.79 Å². The number of hydrogen-bond acceptors (Lipinski definition) is 6. The van der Waals surface area contributed by atoms with Gasteiger partial charge in [0.1, 0.15) is 11.7 Å². The Morgan fingerprint density at radius 2 is 2.17 bits per heavy atom. The smallest absolute Gasteiger partial charge is 0.240 e. The number of nitrogens with zero attached hydrogens (tertiary/aromatic N) is 5. The van der Waals surface area contributed by atoms with Crippen molar-refractivity contribution in [1.82, 2.24) is 19.9 Å². The number of anilines is 2. The molecule has 0 aromatic carbocycles. The molecule has 1 atom stereocenters. The van der Waals surface area contributed by atoms with Crippen LogP contribution in [0.15, 0.2) is 24.7 Å². The molecule has 23 heavy (non-hydrogen) atoms. The highest BCUT2D eigenvalue weighted by Crippen LogP contribution is 2.23. The average Bonchev–Trinajstić information content (AvgIpc) is 3.01. The molecule has 0 spiro atoms. The van der Waals surface area contributed by atoms with Gasteiger partial charge in [0.25, 0.3) is 0 Å². The average molecular weight is 333 g/mol. The largest absolute Gasteiger partial charge is 0.338 e. The minimum atomic E-state index is -0.314. The molecule has 0 saturated carbocycles. The van der Waals surface area contributed by atoms with Crippen molar-refractivity contribution in [1.29, 1.82) is 0 Å². The van der Waals surface area contributed by atoms with Gasteiger partial charge in [0, 0.05) is 31.2 Å². The third kappa shape index (κ3) is 3.56. The first-order valence-corrected chi connectivity index (χ1v) is 7.99. The summed E-state index contributed by atoms with van der Waals surface area (Å²) in [6, 6.07) is 2.07. The molecule has 2 aromatic heterocycles. The Morgan fingerprint density at radius 1 is 1.39 bits per heavy atom. The van der Waals surface area contributed by atoms with Crippen molar-refractivity contribution in [3.63, 3.8) is 0 Å². The summed E-state index contributed by atoms with van der Waals surface area (Å²) in [7, 11) is 0. The fourth-order valence-electron chi connectivity index (χ4n) is 2.56. The van der Waals surface area contributed by atoms with Crippen LogP contribution in [0.5, 0.6) is 0 Å². The molecule has 3 heterocycles. The summed E-state index contributed by atoms with van der Waals surface area (Å²) in [4.78, 5) is 30.8. The van der Waals surface area contributed by atoms with Crippen molar-refractivity contribution in [2.75, 3.05) is 22.6 Å². The molecule has 0 bridgehead atoms. The summed E-state index contributed by atoms with van der Waals surface area (Å²) in [6.07, 6.45) is 7.31. The zero-order chi connectivity index (χ0) is 16.2. The molecule has 0 radical (unpaired) electrons. The molecule has 3 rings (SSSR count).